The standard InChI is InChI=1S/C10H21NO4/c1-10(2,15-5)6-8(12)11-7-9(13-3)14-4/h9H,6-7H2,1-5H3,(H,11,12). The van der Waals surface area contributed by atoms with E-state index in [0.29, 0.717) is 13.0 Å². The van der Waals surface area contributed by atoms with Crippen LogP contribution in [-0.2, 0) is 19.0 Å². The largest absolute Gasteiger partial charge is 0.378 e. The van der Waals surface area contributed by atoms with E-state index in [1.165, 1.54) is 14.2 Å². The van der Waals surface area contributed by atoms with E-state index < -0.39 is 11.9 Å². The molecule has 0 fully saturated rings. The van der Waals surface area contributed by atoms with Gasteiger partial charge in [0.05, 0.1) is 18.6 Å². The van der Waals surface area contributed by atoms with Crippen LogP contribution in [0, 0.1) is 0 Å². The van der Waals surface area contributed by atoms with Gasteiger partial charge in [-0.1, -0.05) is 0 Å². The zero-order valence-electron chi connectivity index (χ0n) is 10.1. The van der Waals surface area contributed by atoms with Crippen LogP contribution in [0.4, 0.5) is 0 Å². The van der Waals surface area contributed by atoms with Crippen molar-refractivity contribution in [3.63, 3.8) is 0 Å². The zero-order valence-corrected chi connectivity index (χ0v) is 10.1. The van der Waals surface area contributed by atoms with Crippen LogP contribution < -0.4 is 5.32 Å². The Morgan fingerprint density at radius 2 is 1.80 bits per heavy atom. The van der Waals surface area contributed by atoms with Gasteiger partial charge >= 0.3 is 0 Å². The van der Waals surface area contributed by atoms with Crippen LogP contribution in [0.25, 0.3) is 0 Å². The van der Waals surface area contributed by atoms with Crippen molar-refractivity contribution in [2.45, 2.75) is 32.2 Å². The monoisotopic (exact) mass is 219 g/mol. The molecule has 1 amide bonds. The predicted molar refractivity (Wildman–Crippen MR) is 56.5 cm³/mol. The summed E-state index contributed by atoms with van der Waals surface area (Å²) in [4.78, 5) is 11.5. The molecule has 0 saturated carbocycles. The Bertz CT molecular complexity index is 190. The van der Waals surface area contributed by atoms with Crippen molar-refractivity contribution in [1.82, 2.24) is 5.32 Å². The molecule has 90 valence electrons. The fourth-order valence-corrected chi connectivity index (χ4v) is 0.981. The Balaban J connectivity index is 3.84. The normalized spacial score (nSPS) is 11.9. The number of ether oxygens (including phenoxy) is 3. The first-order valence-electron chi connectivity index (χ1n) is 4.82. The van der Waals surface area contributed by atoms with Crippen molar-refractivity contribution >= 4 is 5.91 Å². The highest BCUT2D eigenvalue weighted by molar-refractivity contribution is 5.76. The van der Waals surface area contributed by atoms with Crippen molar-refractivity contribution in [1.29, 1.82) is 0 Å². The van der Waals surface area contributed by atoms with Crippen molar-refractivity contribution in [2.24, 2.45) is 0 Å². The van der Waals surface area contributed by atoms with Crippen molar-refractivity contribution in [2.75, 3.05) is 27.9 Å². The Hall–Kier alpha value is -0.650. The van der Waals surface area contributed by atoms with E-state index in [0.717, 1.165) is 0 Å². The van der Waals surface area contributed by atoms with Gasteiger partial charge in [0, 0.05) is 21.3 Å². The van der Waals surface area contributed by atoms with E-state index in [1.807, 2.05) is 13.8 Å². The number of carbonyl (C=O) groups is 1. The van der Waals surface area contributed by atoms with Gasteiger partial charge in [-0.25, -0.2) is 0 Å². The lowest BCUT2D eigenvalue weighted by atomic mass is 10.1. The van der Waals surface area contributed by atoms with E-state index >= 15 is 0 Å². The second-order valence-electron chi connectivity index (χ2n) is 3.85. The third-order valence-corrected chi connectivity index (χ3v) is 2.13. The first-order valence-corrected chi connectivity index (χ1v) is 4.82. The number of nitrogens with one attached hydrogen (secondary N) is 1. The van der Waals surface area contributed by atoms with Crippen molar-refractivity contribution < 1.29 is 19.0 Å². The topological polar surface area (TPSA) is 56.8 Å². The lowest BCUT2D eigenvalue weighted by molar-refractivity contribution is -0.131. The van der Waals surface area contributed by atoms with Gasteiger partial charge in [0.25, 0.3) is 0 Å². The molecule has 15 heavy (non-hydrogen) atoms. The molecular formula is C10H21NO4. The molecule has 0 aliphatic heterocycles. The maximum atomic E-state index is 11.5. The number of methoxy groups -OCH3 is 3. The third kappa shape index (κ3) is 6.43. The molecule has 0 aromatic heterocycles. The molecule has 0 aromatic carbocycles. The zero-order chi connectivity index (χ0) is 11.9. The van der Waals surface area contributed by atoms with Crippen LogP contribution in [0.1, 0.15) is 20.3 Å². The Labute approximate surface area is 91.1 Å². The van der Waals surface area contributed by atoms with Crippen molar-refractivity contribution in [3.05, 3.63) is 0 Å². The molecule has 0 atom stereocenters. The lowest BCUT2D eigenvalue weighted by Gasteiger charge is -2.22. The average molecular weight is 219 g/mol. The molecule has 5 heteroatoms. The summed E-state index contributed by atoms with van der Waals surface area (Å²) in [6.07, 6.45) is -0.0940. The molecule has 0 heterocycles. The van der Waals surface area contributed by atoms with E-state index in [2.05, 4.69) is 5.32 Å². The Morgan fingerprint density at radius 3 is 2.20 bits per heavy atom. The minimum atomic E-state index is -0.445. The summed E-state index contributed by atoms with van der Waals surface area (Å²) in [5.41, 5.74) is -0.445. The molecule has 0 spiro atoms. The first kappa shape index (κ1) is 14.3. The minimum Gasteiger partial charge on any atom is -0.378 e. The minimum absolute atomic E-state index is 0.0825. The van der Waals surface area contributed by atoms with Gasteiger partial charge < -0.3 is 19.5 Å². The van der Waals surface area contributed by atoms with Gasteiger partial charge in [0.15, 0.2) is 6.29 Å². The molecule has 0 bridgehead atoms. The lowest BCUT2D eigenvalue weighted by Crippen LogP contribution is -2.38. The maximum Gasteiger partial charge on any atom is 0.223 e. The molecular weight excluding hydrogens is 198 g/mol. The Kier molecular flexibility index (Phi) is 6.47. The number of hydrogen-bond acceptors (Lipinski definition) is 4. The third-order valence-electron chi connectivity index (χ3n) is 2.13. The fraction of sp³-hybridized carbons (Fsp3) is 0.900. The molecule has 0 aliphatic rings. The maximum absolute atomic E-state index is 11.5. The van der Waals surface area contributed by atoms with Crippen LogP contribution in [0.5, 0.6) is 0 Å². The van der Waals surface area contributed by atoms with Crippen LogP contribution in [0.15, 0.2) is 0 Å². The van der Waals surface area contributed by atoms with Crippen LogP contribution >= 0.6 is 0 Å². The second kappa shape index (κ2) is 6.76. The van der Waals surface area contributed by atoms with Gasteiger partial charge in [-0.05, 0) is 13.8 Å². The summed E-state index contributed by atoms with van der Waals surface area (Å²) < 4.78 is 15.0. The summed E-state index contributed by atoms with van der Waals surface area (Å²) in [6.45, 7) is 4.05. The Morgan fingerprint density at radius 1 is 1.27 bits per heavy atom. The summed E-state index contributed by atoms with van der Waals surface area (Å²) in [5.74, 6) is -0.0825. The molecule has 0 rings (SSSR count). The van der Waals surface area contributed by atoms with Gasteiger partial charge in [-0.15, -0.1) is 0 Å². The number of carbonyl (C=O) groups excluding carboxylic acids is 1. The molecule has 0 radical (unpaired) electrons. The van der Waals surface area contributed by atoms with Gasteiger partial charge in [-0.2, -0.15) is 0 Å². The summed E-state index contributed by atoms with van der Waals surface area (Å²) in [7, 11) is 4.64. The highest BCUT2D eigenvalue weighted by Gasteiger charge is 2.21. The smallest absolute Gasteiger partial charge is 0.223 e. The van der Waals surface area contributed by atoms with Crippen LogP contribution in [-0.4, -0.2) is 45.7 Å². The molecule has 0 aliphatic carbocycles. The number of amides is 1. The van der Waals surface area contributed by atoms with Crippen molar-refractivity contribution in [3.8, 4) is 0 Å². The van der Waals surface area contributed by atoms with E-state index in [1.54, 1.807) is 7.11 Å². The van der Waals surface area contributed by atoms with Gasteiger partial charge in [0.2, 0.25) is 5.91 Å². The van der Waals surface area contributed by atoms with E-state index in [9.17, 15) is 4.79 Å². The first-order chi connectivity index (χ1) is 6.95. The summed E-state index contributed by atoms with van der Waals surface area (Å²) >= 11 is 0. The summed E-state index contributed by atoms with van der Waals surface area (Å²) in [6, 6.07) is 0. The van der Waals surface area contributed by atoms with Crippen LogP contribution in [0.2, 0.25) is 0 Å². The predicted octanol–water partition coefficient (Wildman–Crippen LogP) is 0.537. The van der Waals surface area contributed by atoms with Gasteiger partial charge in [0.1, 0.15) is 0 Å². The fourth-order valence-electron chi connectivity index (χ4n) is 0.981. The molecule has 1 N–H and O–H groups in total. The quantitative estimate of drug-likeness (QED) is 0.635. The number of hydrogen-bond donors (Lipinski definition) is 1. The van der Waals surface area contributed by atoms with Crippen LogP contribution in [0.3, 0.4) is 0 Å². The molecule has 0 aromatic rings. The highest BCUT2D eigenvalue weighted by atomic mass is 16.7. The molecule has 0 saturated heterocycles. The SMILES string of the molecule is COC(CNC(=O)CC(C)(C)OC)OC. The molecule has 0 unspecified atom stereocenters. The van der Waals surface area contributed by atoms with Gasteiger partial charge in [-0.3, -0.25) is 4.79 Å². The van der Waals surface area contributed by atoms with E-state index in [-0.39, 0.29) is 5.91 Å². The second-order valence-corrected chi connectivity index (χ2v) is 3.85. The molecule has 5 nitrogen and oxygen atoms in total. The average Bonchev–Trinajstić information content (AvgIpc) is 2.19. The number of rotatable bonds is 7. The van der Waals surface area contributed by atoms with E-state index in [4.69, 9.17) is 14.2 Å². The summed E-state index contributed by atoms with van der Waals surface area (Å²) in [5, 5.41) is 2.71. The highest BCUT2D eigenvalue weighted by Crippen LogP contribution is 2.12.